The van der Waals surface area contributed by atoms with E-state index in [0.29, 0.717) is 50.5 Å². The quantitative estimate of drug-likeness (QED) is 0.468. The number of H-pyrrole nitrogens is 1. The first-order chi connectivity index (χ1) is 14.6. The van der Waals surface area contributed by atoms with Crippen LogP contribution in [0.5, 0.6) is 11.8 Å². The molecule has 0 aliphatic rings. The van der Waals surface area contributed by atoms with Crippen LogP contribution in [0.25, 0.3) is 33.2 Å². The largest absolute Gasteiger partial charge is 0.421 e. The van der Waals surface area contributed by atoms with E-state index in [9.17, 15) is 4.39 Å². The number of nitrogens with one attached hydrogen (secondary N) is 2. The van der Waals surface area contributed by atoms with Gasteiger partial charge in [0.05, 0.1) is 34.7 Å². The molecule has 0 aliphatic carbocycles. The minimum absolute atomic E-state index is 0.0897. The Morgan fingerprint density at radius 1 is 1.03 bits per heavy atom. The van der Waals surface area contributed by atoms with E-state index in [1.54, 1.807) is 38.8 Å². The Labute approximate surface area is 169 Å². The molecule has 0 atom stereocenters. The number of rotatable bonds is 4. The molecule has 0 unspecified atom stereocenters. The second-order valence-electron chi connectivity index (χ2n) is 6.52. The fourth-order valence-corrected chi connectivity index (χ4v) is 3.25. The molecule has 4 heterocycles. The highest BCUT2D eigenvalue weighted by molar-refractivity contribution is 6.15. The molecule has 0 bridgehead atoms. The van der Waals surface area contributed by atoms with Gasteiger partial charge >= 0.3 is 6.01 Å². The average Bonchev–Trinajstić information content (AvgIpc) is 3.13. The SMILES string of the molecule is CNc1cc(F)cc2c1[nH]c1nc(Oc3cnc(C)nc3)nc(-c3cncnc3)c12. The van der Waals surface area contributed by atoms with Crippen molar-refractivity contribution in [2.45, 2.75) is 6.92 Å². The zero-order valence-corrected chi connectivity index (χ0v) is 16.0. The molecular weight excluding hydrogens is 387 g/mol. The van der Waals surface area contributed by atoms with Gasteiger partial charge in [0.15, 0.2) is 5.75 Å². The minimum atomic E-state index is -0.375. The second kappa shape index (κ2) is 6.99. The van der Waals surface area contributed by atoms with Gasteiger partial charge in [-0.25, -0.2) is 24.3 Å². The molecule has 5 aromatic rings. The maximum Gasteiger partial charge on any atom is 0.324 e. The number of halogens is 1. The van der Waals surface area contributed by atoms with Crippen LogP contribution in [-0.2, 0) is 0 Å². The van der Waals surface area contributed by atoms with E-state index in [2.05, 4.69) is 40.2 Å². The molecule has 0 spiro atoms. The highest BCUT2D eigenvalue weighted by Crippen LogP contribution is 2.37. The number of hydrogen-bond donors (Lipinski definition) is 2. The molecule has 2 N–H and O–H groups in total. The molecule has 148 valence electrons. The Morgan fingerprint density at radius 2 is 1.80 bits per heavy atom. The number of ether oxygens (including phenoxy) is 1. The third-order valence-corrected chi connectivity index (χ3v) is 4.57. The third kappa shape index (κ3) is 3.04. The van der Waals surface area contributed by atoms with Gasteiger partial charge < -0.3 is 15.0 Å². The summed E-state index contributed by atoms with van der Waals surface area (Å²) in [5.74, 6) is 0.645. The lowest BCUT2D eigenvalue weighted by Gasteiger charge is -2.07. The van der Waals surface area contributed by atoms with Crippen molar-refractivity contribution >= 4 is 27.6 Å². The van der Waals surface area contributed by atoms with Gasteiger partial charge in [-0.2, -0.15) is 9.97 Å². The van der Waals surface area contributed by atoms with E-state index in [4.69, 9.17) is 4.74 Å². The molecule has 0 radical (unpaired) electrons. The lowest BCUT2D eigenvalue weighted by Crippen LogP contribution is -1.97. The Hall–Kier alpha value is -4.21. The maximum atomic E-state index is 14.3. The maximum absolute atomic E-state index is 14.3. The minimum Gasteiger partial charge on any atom is -0.421 e. The number of benzene rings is 1. The molecule has 5 rings (SSSR count). The first-order valence-corrected chi connectivity index (χ1v) is 9.05. The zero-order chi connectivity index (χ0) is 20.7. The van der Waals surface area contributed by atoms with Gasteiger partial charge in [-0.1, -0.05) is 0 Å². The van der Waals surface area contributed by atoms with E-state index < -0.39 is 0 Å². The summed E-state index contributed by atoms with van der Waals surface area (Å²) < 4.78 is 20.0. The van der Waals surface area contributed by atoms with Crippen LogP contribution in [0.3, 0.4) is 0 Å². The number of nitrogens with zero attached hydrogens (tertiary/aromatic N) is 6. The number of fused-ring (bicyclic) bond motifs is 3. The summed E-state index contributed by atoms with van der Waals surface area (Å²) in [5.41, 5.74) is 2.96. The molecule has 0 aliphatic heterocycles. The summed E-state index contributed by atoms with van der Waals surface area (Å²) in [5, 5.41) is 4.28. The number of anilines is 1. The van der Waals surface area contributed by atoms with Crippen LogP contribution in [0.15, 0.2) is 43.2 Å². The normalized spacial score (nSPS) is 11.2. The Bertz CT molecular complexity index is 1370. The van der Waals surface area contributed by atoms with Crippen LogP contribution in [-0.4, -0.2) is 41.9 Å². The van der Waals surface area contributed by atoms with E-state index in [0.717, 1.165) is 0 Å². The van der Waals surface area contributed by atoms with Crippen LogP contribution in [0, 0.1) is 12.7 Å². The molecular formula is C20H15FN8O. The molecule has 0 amide bonds. The molecule has 0 fully saturated rings. The predicted octanol–water partition coefficient (Wildman–Crippen LogP) is 3.64. The van der Waals surface area contributed by atoms with Crippen LogP contribution < -0.4 is 10.1 Å². The summed E-state index contributed by atoms with van der Waals surface area (Å²) in [7, 11) is 1.73. The summed E-state index contributed by atoms with van der Waals surface area (Å²) in [6.07, 6.45) is 7.77. The summed E-state index contributed by atoms with van der Waals surface area (Å²) in [6, 6.07) is 2.95. The second-order valence-corrected chi connectivity index (χ2v) is 6.52. The van der Waals surface area contributed by atoms with Crippen molar-refractivity contribution in [3.63, 3.8) is 0 Å². The Balaban J connectivity index is 1.78. The molecule has 30 heavy (non-hydrogen) atoms. The lowest BCUT2D eigenvalue weighted by atomic mass is 10.1. The number of hydrogen-bond acceptors (Lipinski definition) is 8. The van der Waals surface area contributed by atoms with E-state index in [-0.39, 0.29) is 11.8 Å². The molecule has 1 aromatic carbocycles. The first-order valence-electron chi connectivity index (χ1n) is 9.05. The molecule has 10 heteroatoms. The highest BCUT2D eigenvalue weighted by Gasteiger charge is 2.19. The molecule has 0 saturated heterocycles. The van der Waals surface area contributed by atoms with E-state index in [1.807, 2.05) is 0 Å². The lowest BCUT2D eigenvalue weighted by molar-refractivity contribution is 0.440. The van der Waals surface area contributed by atoms with E-state index >= 15 is 0 Å². The Morgan fingerprint density at radius 3 is 2.53 bits per heavy atom. The van der Waals surface area contributed by atoms with Crippen molar-refractivity contribution in [3.05, 3.63) is 54.9 Å². The molecule has 9 nitrogen and oxygen atoms in total. The molecule has 0 saturated carbocycles. The van der Waals surface area contributed by atoms with E-state index in [1.165, 1.54) is 18.5 Å². The fraction of sp³-hybridized carbons (Fsp3) is 0.100. The fourth-order valence-electron chi connectivity index (χ4n) is 3.25. The van der Waals surface area contributed by atoms with Crippen LogP contribution in [0.2, 0.25) is 0 Å². The average molecular weight is 402 g/mol. The van der Waals surface area contributed by atoms with Crippen molar-refractivity contribution in [1.29, 1.82) is 0 Å². The van der Waals surface area contributed by atoms with Crippen LogP contribution in [0.1, 0.15) is 5.82 Å². The van der Waals surface area contributed by atoms with Gasteiger partial charge in [-0.3, -0.25) is 0 Å². The van der Waals surface area contributed by atoms with Crippen molar-refractivity contribution in [1.82, 2.24) is 34.9 Å². The van der Waals surface area contributed by atoms with Crippen LogP contribution in [0.4, 0.5) is 10.1 Å². The van der Waals surface area contributed by atoms with Gasteiger partial charge in [0.2, 0.25) is 0 Å². The zero-order valence-electron chi connectivity index (χ0n) is 16.0. The Kier molecular flexibility index (Phi) is 4.16. The standard InChI is InChI=1S/C20H15FN8O/c1-10-25-7-13(8-26-10)30-20-28-17(11-5-23-9-24-6-11)16-14-3-12(21)4-15(22-2)18(14)27-19(16)29-20/h3-9,22H,1-2H3,(H,27,28,29). The molecule has 4 aromatic heterocycles. The number of aromatic amines is 1. The van der Waals surface area contributed by atoms with Crippen molar-refractivity contribution in [2.24, 2.45) is 0 Å². The summed E-state index contributed by atoms with van der Waals surface area (Å²) in [4.78, 5) is 28.7. The monoisotopic (exact) mass is 402 g/mol. The van der Waals surface area contributed by atoms with Gasteiger partial charge in [0.25, 0.3) is 0 Å². The third-order valence-electron chi connectivity index (χ3n) is 4.57. The summed E-state index contributed by atoms with van der Waals surface area (Å²) in [6.45, 7) is 1.78. The predicted molar refractivity (Wildman–Crippen MR) is 109 cm³/mol. The van der Waals surface area contributed by atoms with Gasteiger partial charge in [-0.05, 0) is 19.1 Å². The summed E-state index contributed by atoms with van der Waals surface area (Å²) >= 11 is 0. The van der Waals surface area contributed by atoms with Gasteiger partial charge in [0.1, 0.15) is 23.6 Å². The first kappa shape index (κ1) is 17.9. The number of aryl methyl sites for hydroxylation is 1. The topological polar surface area (TPSA) is 114 Å². The van der Waals surface area contributed by atoms with Crippen molar-refractivity contribution in [3.8, 4) is 23.0 Å². The van der Waals surface area contributed by atoms with Crippen molar-refractivity contribution in [2.75, 3.05) is 12.4 Å². The van der Waals surface area contributed by atoms with Gasteiger partial charge in [0, 0.05) is 30.4 Å². The number of aromatic nitrogens is 7. The van der Waals surface area contributed by atoms with Gasteiger partial charge in [-0.15, -0.1) is 0 Å². The highest BCUT2D eigenvalue weighted by atomic mass is 19.1. The van der Waals surface area contributed by atoms with Crippen molar-refractivity contribution < 1.29 is 9.13 Å². The van der Waals surface area contributed by atoms with Crippen LogP contribution >= 0.6 is 0 Å². The smallest absolute Gasteiger partial charge is 0.324 e.